The highest BCUT2D eigenvalue weighted by Gasteiger charge is 2.06. The van der Waals surface area contributed by atoms with Gasteiger partial charge in [-0.3, -0.25) is 4.79 Å². The fourth-order valence-corrected chi connectivity index (χ4v) is 3.75. The van der Waals surface area contributed by atoms with Crippen LogP contribution in [0.2, 0.25) is 0 Å². The summed E-state index contributed by atoms with van der Waals surface area (Å²) in [6.07, 6.45) is 7.52. The fourth-order valence-electron chi connectivity index (χ4n) is 2.21. The second-order valence-electron chi connectivity index (χ2n) is 5.60. The van der Waals surface area contributed by atoms with Crippen LogP contribution < -0.4 is 21.1 Å². The van der Waals surface area contributed by atoms with Gasteiger partial charge in [0.05, 0.1) is 16.1 Å². The standard InChI is InChI=1S/C18H27Br2N3O2/c1-25-18-15(19)12-14(13-16(18)20)6-7-17(24)23-11-5-4-10-22-9-3-2-8-21/h6-7,12-13,22H,2-5,8-11,21H2,1H3,(H,23,24)/b7-6+. The Morgan fingerprint density at radius 1 is 1.12 bits per heavy atom. The highest BCUT2D eigenvalue weighted by molar-refractivity contribution is 9.11. The molecule has 0 saturated carbocycles. The highest BCUT2D eigenvalue weighted by atomic mass is 79.9. The van der Waals surface area contributed by atoms with Crippen LogP contribution in [0.4, 0.5) is 0 Å². The molecular weight excluding hydrogens is 450 g/mol. The average Bonchev–Trinajstić information content (AvgIpc) is 2.58. The van der Waals surface area contributed by atoms with E-state index in [1.165, 1.54) is 0 Å². The van der Waals surface area contributed by atoms with Crippen LogP contribution in [0.25, 0.3) is 6.08 Å². The van der Waals surface area contributed by atoms with Gasteiger partial charge < -0.3 is 21.1 Å². The van der Waals surface area contributed by atoms with Gasteiger partial charge in [0.15, 0.2) is 0 Å². The minimum absolute atomic E-state index is 0.0843. The van der Waals surface area contributed by atoms with Gasteiger partial charge in [0.2, 0.25) is 5.91 Å². The molecule has 5 nitrogen and oxygen atoms in total. The first-order valence-corrected chi connectivity index (χ1v) is 10.1. The molecule has 0 aliphatic carbocycles. The van der Waals surface area contributed by atoms with Crippen molar-refractivity contribution < 1.29 is 9.53 Å². The number of carbonyl (C=O) groups excluding carboxylic acids is 1. The zero-order valence-electron chi connectivity index (χ0n) is 14.6. The van der Waals surface area contributed by atoms with Gasteiger partial charge in [-0.15, -0.1) is 0 Å². The first-order valence-electron chi connectivity index (χ1n) is 8.48. The largest absolute Gasteiger partial charge is 0.494 e. The van der Waals surface area contributed by atoms with Crippen molar-refractivity contribution in [3.8, 4) is 5.75 Å². The molecule has 0 fully saturated rings. The van der Waals surface area contributed by atoms with Crippen molar-refractivity contribution in [3.05, 3.63) is 32.7 Å². The lowest BCUT2D eigenvalue weighted by Gasteiger charge is -2.07. The molecule has 0 atom stereocenters. The molecule has 0 heterocycles. The van der Waals surface area contributed by atoms with Crippen molar-refractivity contribution >= 4 is 43.8 Å². The SMILES string of the molecule is COc1c(Br)cc(/C=C/C(=O)NCCCCNCCCCN)cc1Br. The van der Waals surface area contributed by atoms with Crippen molar-refractivity contribution in [3.63, 3.8) is 0 Å². The van der Waals surface area contributed by atoms with E-state index >= 15 is 0 Å². The summed E-state index contributed by atoms with van der Waals surface area (Å²) in [4.78, 5) is 11.8. The number of hydrogen-bond donors (Lipinski definition) is 3. The van der Waals surface area contributed by atoms with Crippen molar-refractivity contribution in [2.24, 2.45) is 5.73 Å². The fraction of sp³-hybridized carbons (Fsp3) is 0.500. The third-order valence-electron chi connectivity index (χ3n) is 3.54. The van der Waals surface area contributed by atoms with E-state index in [2.05, 4.69) is 42.5 Å². The molecule has 0 spiro atoms. The van der Waals surface area contributed by atoms with E-state index in [4.69, 9.17) is 10.5 Å². The lowest BCUT2D eigenvalue weighted by Crippen LogP contribution is -2.23. The Balaban J connectivity index is 2.23. The van der Waals surface area contributed by atoms with Crippen molar-refractivity contribution in [2.45, 2.75) is 25.7 Å². The van der Waals surface area contributed by atoms with Gasteiger partial charge in [0.25, 0.3) is 0 Å². The third-order valence-corrected chi connectivity index (χ3v) is 4.72. The number of rotatable bonds is 12. The summed E-state index contributed by atoms with van der Waals surface area (Å²) in [7, 11) is 1.61. The van der Waals surface area contributed by atoms with Crippen LogP contribution in [0.3, 0.4) is 0 Å². The van der Waals surface area contributed by atoms with Crippen molar-refractivity contribution in [2.75, 3.05) is 33.3 Å². The zero-order chi connectivity index (χ0) is 18.5. The van der Waals surface area contributed by atoms with E-state index in [0.717, 1.165) is 65.6 Å². The Kier molecular flexibility index (Phi) is 11.8. The number of nitrogens with one attached hydrogen (secondary N) is 2. The number of hydrogen-bond acceptors (Lipinski definition) is 4. The molecule has 0 aliphatic heterocycles. The summed E-state index contributed by atoms with van der Waals surface area (Å²) < 4.78 is 6.93. The van der Waals surface area contributed by atoms with Crippen LogP contribution in [0.15, 0.2) is 27.2 Å². The van der Waals surface area contributed by atoms with E-state index in [1.54, 1.807) is 19.3 Å². The summed E-state index contributed by atoms with van der Waals surface area (Å²) in [6, 6.07) is 3.81. The molecule has 25 heavy (non-hydrogen) atoms. The molecule has 0 radical (unpaired) electrons. The second-order valence-corrected chi connectivity index (χ2v) is 7.30. The Morgan fingerprint density at radius 2 is 1.72 bits per heavy atom. The summed E-state index contributed by atoms with van der Waals surface area (Å²) in [6.45, 7) is 3.43. The van der Waals surface area contributed by atoms with Gasteiger partial charge in [-0.25, -0.2) is 0 Å². The number of nitrogens with two attached hydrogens (primary N) is 1. The van der Waals surface area contributed by atoms with Gasteiger partial charge in [-0.1, -0.05) is 0 Å². The Labute approximate surface area is 167 Å². The van der Waals surface area contributed by atoms with Crippen LogP contribution in [0.5, 0.6) is 5.75 Å². The van der Waals surface area contributed by atoms with E-state index in [0.29, 0.717) is 6.54 Å². The van der Waals surface area contributed by atoms with Crippen LogP contribution in [0.1, 0.15) is 31.2 Å². The number of unbranched alkanes of at least 4 members (excludes halogenated alkanes) is 2. The predicted molar refractivity (Wildman–Crippen MR) is 111 cm³/mol. The van der Waals surface area contributed by atoms with Crippen LogP contribution in [0, 0.1) is 0 Å². The molecule has 0 aliphatic rings. The molecule has 0 aromatic heterocycles. The molecule has 0 saturated heterocycles. The molecule has 140 valence electrons. The summed E-state index contributed by atoms with van der Waals surface area (Å²) in [5, 5.41) is 6.27. The molecule has 1 amide bonds. The number of carbonyl (C=O) groups is 1. The van der Waals surface area contributed by atoms with Crippen LogP contribution >= 0.6 is 31.9 Å². The lowest BCUT2D eigenvalue weighted by atomic mass is 10.2. The quantitative estimate of drug-likeness (QED) is 0.319. The molecule has 0 unspecified atom stereocenters. The Hall–Kier alpha value is -0.890. The maximum Gasteiger partial charge on any atom is 0.243 e. The number of amides is 1. The average molecular weight is 477 g/mol. The maximum absolute atomic E-state index is 11.8. The van der Waals surface area contributed by atoms with Crippen LogP contribution in [-0.2, 0) is 4.79 Å². The van der Waals surface area contributed by atoms with Gasteiger partial charge in [0, 0.05) is 12.6 Å². The van der Waals surface area contributed by atoms with E-state index in [-0.39, 0.29) is 5.91 Å². The first kappa shape index (κ1) is 22.2. The number of methoxy groups -OCH3 is 1. The van der Waals surface area contributed by atoms with Crippen molar-refractivity contribution in [1.82, 2.24) is 10.6 Å². The van der Waals surface area contributed by atoms with Gasteiger partial charge >= 0.3 is 0 Å². The number of ether oxygens (including phenoxy) is 1. The van der Waals surface area contributed by atoms with E-state index in [9.17, 15) is 4.79 Å². The minimum Gasteiger partial charge on any atom is -0.494 e. The van der Waals surface area contributed by atoms with Gasteiger partial charge in [-0.05, 0) is 101 Å². The molecule has 4 N–H and O–H groups in total. The smallest absolute Gasteiger partial charge is 0.243 e. The van der Waals surface area contributed by atoms with Crippen molar-refractivity contribution in [1.29, 1.82) is 0 Å². The molecule has 1 aromatic carbocycles. The number of benzene rings is 1. The molecule has 1 rings (SSSR count). The van der Waals surface area contributed by atoms with Crippen LogP contribution in [-0.4, -0.2) is 39.2 Å². The molecular formula is C18H27Br2N3O2. The molecule has 1 aromatic rings. The summed E-state index contributed by atoms with van der Waals surface area (Å²) in [5.41, 5.74) is 6.36. The minimum atomic E-state index is -0.0843. The van der Waals surface area contributed by atoms with E-state index in [1.807, 2.05) is 12.1 Å². The Morgan fingerprint density at radius 3 is 2.32 bits per heavy atom. The summed E-state index contributed by atoms with van der Waals surface area (Å²) in [5.74, 6) is 0.650. The van der Waals surface area contributed by atoms with Gasteiger partial charge in [-0.2, -0.15) is 0 Å². The zero-order valence-corrected chi connectivity index (χ0v) is 17.8. The Bertz CT molecular complexity index is 542. The second kappa shape index (κ2) is 13.3. The third kappa shape index (κ3) is 9.39. The normalized spacial score (nSPS) is 11.0. The van der Waals surface area contributed by atoms with Gasteiger partial charge in [0.1, 0.15) is 5.75 Å². The molecule has 7 heteroatoms. The topological polar surface area (TPSA) is 76.4 Å². The maximum atomic E-state index is 11.8. The molecule has 0 bridgehead atoms. The lowest BCUT2D eigenvalue weighted by molar-refractivity contribution is -0.116. The number of halogens is 2. The predicted octanol–water partition coefficient (Wildman–Crippen LogP) is 3.46. The first-order chi connectivity index (χ1) is 12.1. The monoisotopic (exact) mass is 475 g/mol. The summed E-state index contributed by atoms with van der Waals surface area (Å²) >= 11 is 6.90. The van der Waals surface area contributed by atoms with E-state index < -0.39 is 0 Å². The highest BCUT2D eigenvalue weighted by Crippen LogP contribution is 2.34.